The van der Waals surface area contributed by atoms with Crippen molar-refractivity contribution in [2.75, 3.05) is 11.4 Å². The smallest absolute Gasteiger partial charge is 0.299 e. The summed E-state index contributed by atoms with van der Waals surface area (Å²) in [7, 11) is 0. The van der Waals surface area contributed by atoms with Crippen LogP contribution in [0.3, 0.4) is 0 Å². The first-order chi connectivity index (χ1) is 14.3. The molecule has 30 heavy (non-hydrogen) atoms. The normalized spacial score (nSPS) is 21.0. The molecule has 2 aromatic carbocycles. The minimum absolute atomic E-state index is 0.0478. The van der Waals surface area contributed by atoms with E-state index in [2.05, 4.69) is 35.6 Å². The van der Waals surface area contributed by atoms with Gasteiger partial charge >= 0.3 is 0 Å². The molecule has 1 unspecified atom stereocenters. The third kappa shape index (κ3) is 3.67. The molecule has 2 aliphatic rings. The lowest BCUT2D eigenvalue weighted by Gasteiger charge is -2.40. The maximum Gasteiger partial charge on any atom is 0.299 e. The number of halogens is 1. The van der Waals surface area contributed by atoms with Crippen LogP contribution in [0.1, 0.15) is 43.9 Å². The van der Waals surface area contributed by atoms with Crippen LogP contribution in [0.5, 0.6) is 0 Å². The highest BCUT2D eigenvalue weighted by Gasteiger charge is 2.35. The summed E-state index contributed by atoms with van der Waals surface area (Å²) in [5.74, 6) is 0.0406. The van der Waals surface area contributed by atoms with Crippen molar-refractivity contribution in [3.63, 3.8) is 0 Å². The number of fused-ring (bicyclic) bond motifs is 1. The zero-order valence-electron chi connectivity index (χ0n) is 17.0. The van der Waals surface area contributed by atoms with Gasteiger partial charge in [0.2, 0.25) is 0 Å². The van der Waals surface area contributed by atoms with Crippen molar-refractivity contribution in [3.8, 4) is 0 Å². The first kappa shape index (κ1) is 20.4. The summed E-state index contributed by atoms with van der Waals surface area (Å²) in [6, 6.07) is 12.0. The second kappa shape index (κ2) is 7.75. The molecule has 156 valence electrons. The number of rotatable bonds is 2. The van der Waals surface area contributed by atoms with Crippen LogP contribution in [-0.2, 0) is 5.41 Å². The SMILES string of the molecule is CC1SC(=O)NN=C1c1ccc2c(c1)C(C)(C)CCN2/C(=N\O)c1ccc(F)cc1. The number of amidine groups is 1. The Morgan fingerprint density at radius 2 is 2.03 bits per heavy atom. The average molecular weight is 427 g/mol. The quantitative estimate of drug-likeness (QED) is 0.316. The molecule has 8 heteroatoms. The van der Waals surface area contributed by atoms with Crippen LogP contribution in [0.2, 0.25) is 0 Å². The van der Waals surface area contributed by atoms with Gasteiger partial charge in [-0.15, -0.1) is 0 Å². The van der Waals surface area contributed by atoms with Crippen LogP contribution in [0.4, 0.5) is 14.9 Å². The minimum Gasteiger partial charge on any atom is -0.409 e. The molecule has 0 saturated heterocycles. The monoisotopic (exact) mass is 426 g/mol. The molecule has 2 aliphatic heterocycles. The van der Waals surface area contributed by atoms with Gasteiger partial charge in [-0.25, -0.2) is 9.82 Å². The van der Waals surface area contributed by atoms with E-state index in [1.54, 1.807) is 12.1 Å². The predicted octanol–water partition coefficient (Wildman–Crippen LogP) is 4.70. The fraction of sp³-hybridized carbons (Fsp3) is 0.318. The van der Waals surface area contributed by atoms with E-state index in [9.17, 15) is 14.4 Å². The molecule has 2 aromatic rings. The van der Waals surface area contributed by atoms with Crippen molar-refractivity contribution in [1.82, 2.24) is 5.43 Å². The third-order valence-electron chi connectivity index (χ3n) is 5.66. The first-order valence-corrected chi connectivity index (χ1v) is 10.6. The van der Waals surface area contributed by atoms with E-state index in [1.807, 2.05) is 24.0 Å². The van der Waals surface area contributed by atoms with E-state index >= 15 is 0 Å². The molecule has 4 rings (SSSR count). The summed E-state index contributed by atoms with van der Waals surface area (Å²) in [6.07, 6.45) is 0.844. The summed E-state index contributed by atoms with van der Waals surface area (Å²) in [6.45, 7) is 7.00. The van der Waals surface area contributed by atoms with E-state index in [-0.39, 0.29) is 21.7 Å². The molecular weight excluding hydrogens is 403 g/mol. The summed E-state index contributed by atoms with van der Waals surface area (Å²) in [5.41, 5.74) is 6.90. The van der Waals surface area contributed by atoms with E-state index < -0.39 is 0 Å². The molecule has 0 spiro atoms. The lowest BCUT2D eigenvalue weighted by molar-refractivity contribution is 0.261. The maximum atomic E-state index is 13.4. The molecular formula is C22H23FN4O2S. The average Bonchev–Trinajstić information content (AvgIpc) is 2.71. The number of benzene rings is 2. The topological polar surface area (TPSA) is 77.3 Å². The van der Waals surface area contributed by atoms with Gasteiger partial charge in [-0.1, -0.05) is 36.8 Å². The highest BCUT2D eigenvalue weighted by atomic mass is 32.2. The molecule has 0 radical (unpaired) electrons. The highest BCUT2D eigenvalue weighted by molar-refractivity contribution is 8.14. The van der Waals surface area contributed by atoms with Gasteiger partial charge in [-0.05, 0) is 66.3 Å². The molecule has 0 aliphatic carbocycles. The van der Waals surface area contributed by atoms with Crippen LogP contribution < -0.4 is 10.3 Å². The molecule has 6 nitrogen and oxygen atoms in total. The number of oxime groups is 1. The molecule has 1 atom stereocenters. The fourth-order valence-corrected chi connectivity index (χ4v) is 4.66. The number of amides is 1. The summed E-state index contributed by atoms with van der Waals surface area (Å²) >= 11 is 1.21. The van der Waals surface area contributed by atoms with Gasteiger partial charge in [0.05, 0.1) is 11.0 Å². The van der Waals surface area contributed by atoms with Gasteiger partial charge in [0.15, 0.2) is 5.84 Å². The lowest BCUT2D eigenvalue weighted by atomic mass is 9.76. The Kier molecular flexibility index (Phi) is 5.27. The van der Waals surface area contributed by atoms with Gasteiger partial charge < -0.3 is 10.1 Å². The maximum absolute atomic E-state index is 13.4. The van der Waals surface area contributed by atoms with Crippen LogP contribution >= 0.6 is 11.8 Å². The number of carbonyl (C=O) groups excluding carboxylic acids is 1. The number of carbonyl (C=O) groups is 1. The zero-order valence-corrected chi connectivity index (χ0v) is 17.8. The molecule has 2 heterocycles. The van der Waals surface area contributed by atoms with Crippen LogP contribution in [0, 0.1) is 5.82 Å². The van der Waals surface area contributed by atoms with Crippen molar-refractivity contribution in [2.24, 2.45) is 10.3 Å². The number of hydrogen-bond acceptors (Lipinski definition) is 5. The molecule has 1 amide bonds. The largest absolute Gasteiger partial charge is 0.409 e. The van der Waals surface area contributed by atoms with Gasteiger partial charge in [0, 0.05) is 17.8 Å². The summed E-state index contributed by atoms with van der Waals surface area (Å²) < 4.78 is 13.4. The van der Waals surface area contributed by atoms with Crippen molar-refractivity contribution in [1.29, 1.82) is 0 Å². The molecule has 0 saturated carbocycles. The Balaban J connectivity index is 1.77. The van der Waals surface area contributed by atoms with Gasteiger partial charge in [0.25, 0.3) is 5.24 Å². The zero-order chi connectivity index (χ0) is 21.5. The van der Waals surface area contributed by atoms with Crippen molar-refractivity contribution >= 4 is 34.2 Å². The summed E-state index contributed by atoms with van der Waals surface area (Å²) in [4.78, 5) is 13.5. The minimum atomic E-state index is -0.340. The molecule has 0 fully saturated rings. The van der Waals surface area contributed by atoms with Gasteiger partial charge in [0.1, 0.15) is 5.82 Å². The Labute approximate surface area is 178 Å². The van der Waals surface area contributed by atoms with E-state index in [0.717, 1.165) is 28.9 Å². The van der Waals surface area contributed by atoms with E-state index in [4.69, 9.17) is 0 Å². The van der Waals surface area contributed by atoms with Gasteiger partial charge in [-0.3, -0.25) is 4.79 Å². The van der Waals surface area contributed by atoms with Crippen LogP contribution in [-0.4, -0.2) is 33.8 Å². The molecule has 0 aromatic heterocycles. The highest BCUT2D eigenvalue weighted by Crippen LogP contribution is 2.41. The number of thioether (sulfide) groups is 1. The Hall–Kier alpha value is -2.87. The molecule has 2 N–H and O–H groups in total. The standard InChI is InChI=1S/C22H23FN4O2S/c1-13-19(24-25-21(28)30-13)15-6-9-18-17(12-15)22(2,3)10-11-27(18)20(26-29)14-4-7-16(23)8-5-14/h4-9,12-13,29H,10-11H2,1-3H3,(H,25,28)/b26-20-. The van der Waals surface area contributed by atoms with Crippen molar-refractivity contribution in [2.45, 2.75) is 37.9 Å². The number of hydrogen-bond donors (Lipinski definition) is 2. The number of nitrogens with zero attached hydrogens (tertiary/aromatic N) is 3. The van der Waals surface area contributed by atoms with Crippen LogP contribution in [0.15, 0.2) is 52.7 Å². The molecule has 0 bridgehead atoms. The Morgan fingerprint density at radius 3 is 2.70 bits per heavy atom. The van der Waals surface area contributed by atoms with E-state index in [1.165, 1.54) is 23.9 Å². The lowest BCUT2D eigenvalue weighted by Crippen LogP contribution is -2.42. The number of hydrazone groups is 1. The fourth-order valence-electron chi connectivity index (χ4n) is 3.94. The number of anilines is 1. The third-order valence-corrected chi connectivity index (χ3v) is 6.54. The first-order valence-electron chi connectivity index (χ1n) is 9.75. The Morgan fingerprint density at radius 1 is 1.30 bits per heavy atom. The van der Waals surface area contributed by atoms with Crippen LogP contribution in [0.25, 0.3) is 0 Å². The Bertz CT molecular complexity index is 1050. The summed E-state index contributed by atoms with van der Waals surface area (Å²) in [5, 5.41) is 17.4. The predicted molar refractivity (Wildman–Crippen MR) is 118 cm³/mol. The van der Waals surface area contributed by atoms with Gasteiger partial charge in [-0.2, -0.15) is 5.10 Å². The second-order valence-electron chi connectivity index (χ2n) is 8.10. The number of nitrogens with one attached hydrogen (secondary N) is 1. The second-order valence-corrected chi connectivity index (χ2v) is 9.42. The van der Waals surface area contributed by atoms with Crippen molar-refractivity contribution < 1.29 is 14.4 Å². The van der Waals surface area contributed by atoms with Crippen molar-refractivity contribution in [3.05, 3.63) is 65.0 Å². The van der Waals surface area contributed by atoms with E-state index in [0.29, 0.717) is 17.9 Å².